The Bertz CT molecular complexity index is 757. The van der Waals surface area contributed by atoms with Crippen LogP contribution < -0.4 is 0 Å². The first kappa shape index (κ1) is 11.5. The molecule has 0 aliphatic heterocycles. The van der Waals surface area contributed by atoms with Gasteiger partial charge in [0.05, 0.1) is 5.52 Å². The molecule has 0 unspecified atom stereocenters. The third-order valence-electron chi connectivity index (χ3n) is 3.19. The maximum absolute atomic E-state index is 11.4. The third-order valence-corrected chi connectivity index (χ3v) is 3.19. The molecule has 1 heterocycles. The van der Waals surface area contributed by atoms with Crippen molar-refractivity contribution in [2.45, 2.75) is 6.92 Å². The van der Waals surface area contributed by atoms with Crippen molar-refractivity contribution >= 4 is 16.9 Å². The molecule has 19 heavy (non-hydrogen) atoms. The van der Waals surface area contributed by atoms with E-state index in [0.29, 0.717) is 0 Å². The molecule has 0 aliphatic rings. The molecule has 3 nitrogen and oxygen atoms in total. The minimum atomic E-state index is -0.919. The van der Waals surface area contributed by atoms with Gasteiger partial charge in [0, 0.05) is 11.1 Å². The Kier molecular flexibility index (Phi) is 2.60. The van der Waals surface area contributed by atoms with Crippen molar-refractivity contribution in [2.75, 3.05) is 0 Å². The van der Waals surface area contributed by atoms with Gasteiger partial charge in [0.1, 0.15) is 5.69 Å². The second-order valence-corrected chi connectivity index (χ2v) is 4.57. The summed E-state index contributed by atoms with van der Waals surface area (Å²) in [5.41, 5.74) is 3.18. The summed E-state index contributed by atoms with van der Waals surface area (Å²) >= 11 is 0. The molecule has 0 saturated heterocycles. The number of carboxylic acids is 1. The molecule has 0 radical (unpaired) electrons. The molecule has 0 aliphatic carbocycles. The number of para-hydroxylation sites is 1. The van der Waals surface area contributed by atoms with Gasteiger partial charge in [0.2, 0.25) is 0 Å². The van der Waals surface area contributed by atoms with Crippen molar-refractivity contribution in [1.29, 1.82) is 0 Å². The van der Waals surface area contributed by atoms with E-state index in [1.54, 1.807) is 10.6 Å². The van der Waals surface area contributed by atoms with Crippen LogP contribution in [0.4, 0.5) is 0 Å². The molecular weight excluding hydrogens is 238 g/mol. The molecule has 3 rings (SSSR count). The largest absolute Gasteiger partial charge is 0.477 e. The molecule has 0 amide bonds. The fraction of sp³-hybridized carbons (Fsp3) is 0.0625. The van der Waals surface area contributed by atoms with Crippen molar-refractivity contribution in [3.8, 4) is 5.69 Å². The summed E-state index contributed by atoms with van der Waals surface area (Å²) in [6.45, 7) is 2.00. The first-order chi connectivity index (χ1) is 9.16. The van der Waals surface area contributed by atoms with Gasteiger partial charge in [-0.25, -0.2) is 4.79 Å². The van der Waals surface area contributed by atoms with Crippen molar-refractivity contribution in [1.82, 2.24) is 4.57 Å². The Morgan fingerprint density at radius 2 is 1.79 bits per heavy atom. The van der Waals surface area contributed by atoms with Gasteiger partial charge >= 0.3 is 5.97 Å². The molecule has 3 aromatic rings. The molecule has 1 N–H and O–H groups in total. The molecule has 0 saturated carbocycles. The Morgan fingerprint density at radius 3 is 2.47 bits per heavy atom. The van der Waals surface area contributed by atoms with Crippen LogP contribution in [0, 0.1) is 6.92 Å². The Morgan fingerprint density at radius 1 is 1.05 bits per heavy atom. The second kappa shape index (κ2) is 4.28. The van der Waals surface area contributed by atoms with E-state index in [-0.39, 0.29) is 5.69 Å². The van der Waals surface area contributed by atoms with E-state index in [0.717, 1.165) is 22.2 Å². The number of rotatable bonds is 2. The van der Waals surface area contributed by atoms with Gasteiger partial charge in [-0.15, -0.1) is 0 Å². The molecule has 3 heteroatoms. The van der Waals surface area contributed by atoms with Gasteiger partial charge in [-0.1, -0.05) is 29.8 Å². The summed E-state index contributed by atoms with van der Waals surface area (Å²) in [6.07, 6.45) is 0. The van der Waals surface area contributed by atoms with E-state index in [2.05, 4.69) is 0 Å². The number of hydrogen-bond acceptors (Lipinski definition) is 1. The lowest BCUT2D eigenvalue weighted by molar-refractivity contribution is 0.0688. The van der Waals surface area contributed by atoms with Crippen LogP contribution >= 0.6 is 0 Å². The third kappa shape index (κ3) is 1.89. The summed E-state index contributed by atoms with van der Waals surface area (Å²) in [6, 6.07) is 17.2. The maximum Gasteiger partial charge on any atom is 0.352 e. The maximum atomic E-state index is 11.4. The predicted molar refractivity (Wildman–Crippen MR) is 75.0 cm³/mol. The van der Waals surface area contributed by atoms with Gasteiger partial charge in [-0.05, 0) is 37.3 Å². The lowest BCUT2D eigenvalue weighted by Crippen LogP contribution is -2.06. The molecule has 94 valence electrons. The zero-order chi connectivity index (χ0) is 13.4. The van der Waals surface area contributed by atoms with Gasteiger partial charge in [-0.3, -0.25) is 0 Å². The van der Waals surface area contributed by atoms with E-state index < -0.39 is 5.97 Å². The molecular formula is C16H13NO2. The average Bonchev–Trinajstić information content (AvgIpc) is 2.78. The quantitative estimate of drug-likeness (QED) is 0.755. The van der Waals surface area contributed by atoms with E-state index in [1.807, 2.05) is 55.5 Å². The lowest BCUT2D eigenvalue weighted by atomic mass is 10.2. The van der Waals surface area contributed by atoms with Crippen molar-refractivity contribution in [2.24, 2.45) is 0 Å². The fourth-order valence-corrected chi connectivity index (χ4v) is 2.35. The molecule has 0 spiro atoms. The summed E-state index contributed by atoms with van der Waals surface area (Å²) in [4.78, 5) is 11.4. The van der Waals surface area contributed by atoms with Crippen LogP contribution in [-0.2, 0) is 0 Å². The van der Waals surface area contributed by atoms with E-state index in [1.165, 1.54) is 0 Å². The number of benzene rings is 2. The highest BCUT2D eigenvalue weighted by Gasteiger charge is 2.15. The van der Waals surface area contributed by atoms with E-state index >= 15 is 0 Å². The second-order valence-electron chi connectivity index (χ2n) is 4.57. The van der Waals surface area contributed by atoms with Crippen LogP contribution in [-0.4, -0.2) is 15.6 Å². The summed E-state index contributed by atoms with van der Waals surface area (Å²) in [5, 5.41) is 10.3. The number of carboxylic acid groups (broad SMARTS) is 1. The zero-order valence-corrected chi connectivity index (χ0v) is 10.5. The first-order valence-electron chi connectivity index (χ1n) is 6.07. The predicted octanol–water partition coefficient (Wildman–Crippen LogP) is 3.64. The van der Waals surface area contributed by atoms with E-state index in [4.69, 9.17) is 0 Å². The standard InChI is InChI=1S/C16H13NO2/c1-11-7-8-14-12(9-11)10-15(16(18)19)17(14)13-5-3-2-4-6-13/h2-10H,1H3,(H,18,19). The Balaban J connectivity index is 2.38. The molecule has 2 aromatic carbocycles. The van der Waals surface area contributed by atoms with Crippen LogP contribution in [0.1, 0.15) is 16.1 Å². The number of aryl methyl sites for hydroxylation is 1. The minimum absolute atomic E-state index is 0.284. The van der Waals surface area contributed by atoms with Crippen LogP contribution in [0.15, 0.2) is 54.6 Å². The number of aromatic carboxylic acids is 1. The molecule has 0 bridgehead atoms. The van der Waals surface area contributed by atoms with Crippen LogP contribution in [0.5, 0.6) is 0 Å². The van der Waals surface area contributed by atoms with Gasteiger partial charge in [0.25, 0.3) is 0 Å². The summed E-state index contributed by atoms with van der Waals surface area (Å²) < 4.78 is 1.77. The molecule has 1 aromatic heterocycles. The number of hydrogen-bond donors (Lipinski definition) is 1. The number of fused-ring (bicyclic) bond motifs is 1. The number of carbonyl (C=O) groups is 1. The fourth-order valence-electron chi connectivity index (χ4n) is 2.35. The van der Waals surface area contributed by atoms with E-state index in [9.17, 15) is 9.90 Å². The summed E-state index contributed by atoms with van der Waals surface area (Å²) in [5.74, 6) is -0.919. The van der Waals surface area contributed by atoms with Crippen LogP contribution in [0.2, 0.25) is 0 Å². The van der Waals surface area contributed by atoms with Crippen molar-refractivity contribution in [3.63, 3.8) is 0 Å². The zero-order valence-electron chi connectivity index (χ0n) is 10.5. The monoisotopic (exact) mass is 251 g/mol. The Hall–Kier alpha value is -2.55. The van der Waals surface area contributed by atoms with Crippen LogP contribution in [0.25, 0.3) is 16.6 Å². The molecule has 0 atom stereocenters. The van der Waals surface area contributed by atoms with Gasteiger partial charge < -0.3 is 9.67 Å². The smallest absolute Gasteiger partial charge is 0.352 e. The van der Waals surface area contributed by atoms with Crippen molar-refractivity contribution in [3.05, 3.63) is 65.9 Å². The van der Waals surface area contributed by atoms with Gasteiger partial charge in [-0.2, -0.15) is 0 Å². The lowest BCUT2D eigenvalue weighted by Gasteiger charge is -2.08. The average molecular weight is 251 g/mol. The normalized spacial score (nSPS) is 10.8. The summed E-state index contributed by atoms with van der Waals surface area (Å²) in [7, 11) is 0. The minimum Gasteiger partial charge on any atom is -0.477 e. The molecule has 0 fully saturated rings. The Labute approximate surface area is 110 Å². The highest BCUT2D eigenvalue weighted by Crippen LogP contribution is 2.25. The van der Waals surface area contributed by atoms with Gasteiger partial charge in [0.15, 0.2) is 0 Å². The van der Waals surface area contributed by atoms with Crippen LogP contribution in [0.3, 0.4) is 0 Å². The highest BCUT2D eigenvalue weighted by atomic mass is 16.4. The van der Waals surface area contributed by atoms with Crippen molar-refractivity contribution < 1.29 is 9.90 Å². The number of nitrogens with zero attached hydrogens (tertiary/aromatic N) is 1. The SMILES string of the molecule is Cc1ccc2c(c1)cc(C(=O)O)n2-c1ccccc1. The number of aromatic nitrogens is 1. The highest BCUT2D eigenvalue weighted by molar-refractivity contribution is 5.96. The topological polar surface area (TPSA) is 42.2 Å². The first-order valence-corrected chi connectivity index (χ1v) is 6.07.